The Morgan fingerprint density at radius 2 is 1.81 bits per heavy atom. The van der Waals surface area contributed by atoms with Crippen molar-refractivity contribution in [3.8, 4) is 0 Å². The van der Waals surface area contributed by atoms with Gasteiger partial charge in [0.2, 0.25) is 0 Å². The molecule has 0 aromatic heterocycles. The third-order valence-corrected chi connectivity index (χ3v) is 5.39. The zero-order valence-corrected chi connectivity index (χ0v) is 12.8. The smallest absolute Gasteiger partial charge is 0.0411 e. The Balaban J connectivity index is 1.69. The molecule has 1 fully saturated rings. The lowest BCUT2D eigenvalue weighted by Gasteiger charge is -2.45. The molecule has 108 valence electrons. The fraction of sp³-hybridized carbons (Fsp3) is 0.400. The van der Waals surface area contributed by atoms with Crippen molar-refractivity contribution in [3.05, 3.63) is 71.3 Å². The van der Waals surface area contributed by atoms with Gasteiger partial charge in [0.15, 0.2) is 0 Å². The molecular weight excluding hydrogens is 254 g/mol. The molecule has 2 atom stereocenters. The Morgan fingerprint density at radius 1 is 1.05 bits per heavy atom. The first kappa shape index (κ1) is 13.1. The van der Waals surface area contributed by atoms with Gasteiger partial charge in [-0.1, -0.05) is 61.5 Å². The normalized spacial score (nSPS) is 28.1. The number of fused-ring (bicyclic) bond motifs is 3. The molecule has 1 aliphatic carbocycles. The lowest BCUT2D eigenvalue weighted by atomic mass is 9.75. The van der Waals surface area contributed by atoms with Crippen LogP contribution in [0.25, 0.3) is 0 Å². The quantitative estimate of drug-likeness (QED) is 0.776. The molecule has 0 spiro atoms. The van der Waals surface area contributed by atoms with E-state index >= 15 is 0 Å². The summed E-state index contributed by atoms with van der Waals surface area (Å²) in [4.78, 5) is 2.71. The van der Waals surface area contributed by atoms with Crippen LogP contribution in [0.2, 0.25) is 0 Å². The largest absolute Gasteiger partial charge is 0.292 e. The minimum atomic E-state index is 0.427. The second-order valence-corrected chi connectivity index (χ2v) is 6.99. The van der Waals surface area contributed by atoms with Crippen molar-refractivity contribution >= 4 is 0 Å². The Bertz CT molecular complexity index is 633. The minimum Gasteiger partial charge on any atom is -0.292 e. The summed E-state index contributed by atoms with van der Waals surface area (Å²) in [6.45, 7) is 4.80. The molecule has 1 heteroatoms. The van der Waals surface area contributed by atoms with Gasteiger partial charge in [-0.3, -0.25) is 4.90 Å². The van der Waals surface area contributed by atoms with Gasteiger partial charge < -0.3 is 0 Å². The molecule has 1 aliphatic heterocycles. The van der Waals surface area contributed by atoms with E-state index in [1.807, 2.05) is 0 Å². The fourth-order valence-corrected chi connectivity index (χ4v) is 4.54. The third kappa shape index (κ3) is 2.20. The number of likely N-dealkylation sites (tertiary alicyclic amines) is 1. The van der Waals surface area contributed by atoms with Gasteiger partial charge in [0.1, 0.15) is 0 Å². The lowest BCUT2D eigenvalue weighted by molar-refractivity contribution is 0.0318. The molecule has 0 N–H and O–H groups in total. The number of hydrogen-bond donors (Lipinski definition) is 0. The van der Waals surface area contributed by atoms with E-state index in [0.29, 0.717) is 11.5 Å². The van der Waals surface area contributed by atoms with Gasteiger partial charge >= 0.3 is 0 Å². The molecule has 2 aromatic carbocycles. The van der Waals surface area contributed by atoms with Crippen molar-refractivity contribution < 1.29 is 0 Å². The highest BCUT2D eigenvalue weighted by Crippen LogP contribution is 2.54. The topological polar surface area (TPSA) is 3.24 Å². The Kier molecular flexibility index (Phi) is 3.11. The summed E-state index contributed by atoms with van der Waals surface area (Å²) in [6.07, 6.45) is 3.94. The van der Waals surface area contributed by atoms with Crippen LogP contribution in [0.3, 0.4) is 0 Å². The minimum absolute atomic E-state index is 0.427. The van der Waals surface area contributed by atoms with E-state index in [1.54, 1.807) is 11.1 Å². The summed E-state index contributed by atoms with van der Waals surface area (Å²) >= 11 is 0. The highest BCUT2D eigenvalue weighted by Gasteiger charge is 2.47. The van der Waals surface area contributed by atoms with E-state index in [4.69, 9.17) is 0 Å². The van der Waals surface area contributed by atoms with Gasteiger partial charge in [-0.25, -0.2) is 0 Å². The van der Waals surface area contributed by atoms with E-state index in [2.05, 4.69) is 66.4 Å². The zero-order chi connectivity index (χ0) is 14.3. The third-order valence-electron chi connectivity index (χ3n) is 5.39. The van der Waals surface area contributed by atoms with Gasteiger partial charge in [0, 0.05) is 12.6 Å². The van der Waals surface area contributed by atoms with Gasteiger partial charge in [-0.05, 0) is 47.9 Å². The van der Waals surface area contributed by atoms with Crippen LogP contribution in [0, 0.1) is 5.41 Å². The summed E-state index contributed by atoms with van der Waals surface area (Å²) in [6, 6.07) is 20.6. The number of nitrogens with zero attached hydrogens (tertiary/aromatic N) is 1. The standard InChI is InChI=1S/C20H23N/c1-20-12-7-13-21(15-16-8-3-2-4-9-16)19(20)18-11-6-5-10-17(18)14-20/h2-6,8-11,19H,7,12-15H2,1H3/t19-,20+/m0/s1. The molecule has 4 rings (SSSR count). The monoisotopic (exact) mass is 277 g/mol. The number of hydrogen-bond acceptors (Lipinski definition) is 1. The van der Waals surface area contributed by atoms with Crippen molar-refractivity contribution in [2.45, 2.75) is 38.8 Å². The first-order valence-electron chi connectivity index (χ1n) is 8.12. The van der Waals surface area contributed by atoms with Crippen molar-refractivity contribution in [2.75, 3.05) is 6.54 Å². The van der Waals surface area contributed by atoms with Crippen LogP contribution in [-0.4, -0.2) is 11.4 Å². The fourth-order valence-electron chi connectivity index (χ4n) is 4.54. The Morgan fingerprint density at radius 3 is 2.67 bits per heavy atom. The molecule has 1 nitrogen and oxygen atoms in total. The number of benzene rings is 2. The second-order valence-electron chi connectivity index (χ2n) is 6.99. The molecule has 2 aliphatic rings. The predicted molar refractivity (Wildman–Crippen MR) is 87.1 cm³/mol. The van der Waals surface area contributed by atoms with Crippen molar-refractivity contribution in [1.82, 2.24) is 4.90 Å². The van der Waals surface area contributed by atoms with Crippen molar-refractivity contribution in [1.29, 1.82) is 0 Å². The summed E-state index contributed by atoms with van der Waals surface area (Å²) in [5.74, 6) is 0. The molecule has 0 saturated carbocycles. The van der Waals surface area contributed by atoms with Crippen LogP contribution in [0.1, 0.15) is 42.5 Å². The molecule has 0 amide bonds. The van der Waals surface area contributed by atoms with E-state index in [1.165, 1.54) is 31.4 Å². The summed E-state index contributed by atoms with van der Waals surface area (Å²) in [5, 5.41) is 0. The molecule has 21 heavy (non-hydrogen) atoms. The molecule has 0 unspecified atom stereocenters. The molecule has 1 saturated heterocycles. The van der Waals surface area contributed by atoms with E-state index in [-0.39, 0.29) is 0 Å². The highest BCUT2D eigenvalue weighted by molar-refractivity contribution is 5.38. The van der Waals surface area contributed by atoms with Gasteiger partial charge in [0.05, 0.1) is 0 Å². The number of rotatable bonds is 2. The van der Waals surface area contributed by atoms with Crippen molar-refractivity contribution in [2.24, 2.45) is 5.41 Å². The van der Waals surface area contributed by atoms with E-state index in [9.17, 15) is 0 Å². The van der Waals surface area contributed by atoms with Crippen molar-refractivity contribution in [3.63, 3.8) is 0 Å². The molecule has 0 radical (unpaired) electrons. The summed E-state index contributed by atoms with van der Waals surface area (Å²) < 4.78 is 0. The molecule has 0 bridgehead atoms. The average Bonchev–Trinajstić information content (AvgIpc) is 2.81. The summed E-state index contributed by atoms with van der Waals surface area (Å²) in [5.41, 5.74) is 5.02. The van der Waals surface area contributed by atoms with Crippen LogP contribution in [0.5, 0.6) is 0 Å². The highest BCUT2D eigenvalue weighted by atomic mass is 15.2. The summed E-state index contributed by atoms with van der Waals surface area (Å²) in [7, 11) is 0. The predicted octanol–water partition coefficient (Wildman–Crippen LogP) is 4.59. The molecular formula is C20H23N. The van der Waals surface area contributed by atoms with Gasteiger partial charge in [0.25, 0.3) is 0 Å². The second kappa shape index (κ2) is 4.99. The van der Waals surface area contributed by atoms with Gasteiger partial charge in [-0.15, -0.1) is 0 Å². The van der Waals surface area contributed by atoms with E-state index < -0.39 is 0 Å². The van der Waals surface area contributed by atoms with Crippen LogP contribution < -0.4 is 0 Å². The van der Waals surface area contributed by atoms with Crippen LogP contribution >= 0.6 is 0 Å². The number of piperidine rings is 1. The van der Waals surface area contributed by atoms with E-state index in [0.717, 1.165) is 6.54 Å². The zero-order valence-electron chi connectivity index (χ0n) is 12.8. The first-order chi connectivity index (χ1) is 10.3. The Labute approximate surface area is 127 Å². The van der Waals surface area contributed by atoms with Crippen LogP contribution in [0.15, 0.2) is 54.6 Å². The maximum Gasteiger partial charge on any atom is 0.0411 e. The van der Waals surface area contributed by atoms with Gasteiger partial charge in [-0.2, -0.15) is 0 Å². The SMILES string of the molecule is C[C@]12CCCN(Cc3ccccc3)[C@H]1c1ccccc1C2. The maximum atomic E-state index is 2.71. The van der Waals surface area contributed by atoms with Crippen LogP contribution in [-0.2, 0) is 13.0 Å². The Hall–Kier alpha value is -1.60. The average molecular weight is 277 g/mol. The molecule has 2 aromatic rings. The molecule has 1 heterocycles. The maximum absolute atomic E-state index is 2.71. The van der Waals surface area contributed by atoms with Crippen LogP contribution in [0.4, 0.5) is 0 Å². The first-order valence-corrected chi connectivity index (χ1v) is 8.12. The lowest BCUT2D eigenvalue weighted by Crippen LogP contribution is -2.42.